The molecule has 4 rings (SSSR count). The smallest absolute Gasteiger partial charge is 0.173 e. The summed E-state index contributed by atoms with van der Waals surface area (Å²) in [5, 5.41) is 13.1. The van der Waals surface area contributed by atoms with Gasteiger partial charge in [-0.1, -0.05) is 43.8 Å². The van der Waals surface area contributed by atoms with Crippen LogP contribution in [0.1, 0.15) is 50.0 Å². The molecule has 0 radical (unpaired) electrons. The van der Waals surface area contributed by atoms with Crippen LogP contribution in [-0.4, -0.2) is 29.8 Å². The van der Waals surface area contributed by atoms with E-state index in [4.69, 9.17) is 0 Å². The Morgan fingerprint density at radius 3 is 2.88 bits per heavy atom. The Balaban J connectivity index is 1.58. The molecule has 124 valence electrons. The second kappa shape index (κ2) is 6.39. The van der Waals surface area contributed by atoms with Gasteiger partial charge in [-0.2, -0.15) is 0 Å². The van der Waals surface area contributed by atoms with E-state index in [1.165, 1.54) is 24.1 Å². The lowest BCUT2D eigenvalue weighted by Gasteiger charge is -2.15. The van der Waals surface area contributed by atoms with Crippen molar-refractivity contribution in [2.45, 2.75) is 49.6 Å². The van der Waals surface area contributed by atoms with E-state index in [1.807, 2.05) is 17.1 Å². The standard InChI is InChI=1S/C17H20N6S/c1-12(2)14-5-3-4-6-15(14)22-10-9-18-17(22)24-11-16-19-20-21-23(16)13-7-8-13/h3-6,9-10,12-13H,7-8,11H2,1-2H3. The third-order valence-electron chi connectivity index (χ3n) is 4.21. The fraction of sp³-hybridized carbons (Fsp3) is 0.412. The van der Waals surface area contributed by atoms with Gasteiger partial charge in [0.1, 0.15) is 0 Å². The average molecular weight is 340 g/mol. The highest BCUT2D eigenvalue weighted by atomic mass is 32.2. The molecule has 1 fully saturated rings. The van der Waals surface area contributed by atoms with Crippen LogP contribution in [0, 0.1) is 0 Å². The normalized spacial score (nSPS) is 14.5. The van der Waals surface area contributed by atoms with E-state index in [-0.39, 0.29) is 0 Å². The summed E-state index contributed by atoms with van der Waals surface area (Å²) in [6.45, 7) is 4.43. The van der Waals surface area contributed by atoms with E-state index >= 15 is 0 Å². The van der Waals surface area contributed by atoms with Crippen LogP contribution in [0.2, 0.25) is 0 Å². The third kappa shape index (κ3) is 2.96. The number of thioether (sulfide) groups is 1. The van der Waals surface area contributed by atoms with Gasteiger partial charge in [0.05, 0.1) is 17.5 Å². The molecular formula is C17H20N6S. The quantitative estimate of drug-likeness (QED) is 0.642. The van der Waals surface area contributed by atoms with Gasteiger partial charge in [-0.05, 0) is 40.8 Å². The van der Waals surface area contributed by atoms with E-state index in [1.54, 1.807) is 11.8 Å². The molecule has 3 aromatic rings. The first kappa shape index (κ1) is 15.4. The van der Waals surface area contributed by atoms with Gasteiger partial charge in [0.2, 0.25) is 0 Å². The summed E-state index contributed by atoms with van der Waals surface area (Å²) in [7, 11) is 0. The zero-order chi connectivity index (χ0) is 16.5. The molecule has 24 heavy (non-hydrogen) atoms. The molecule has 0 unspecified atom stereocenters. The molecular weight excluding hydrogens is 320 g/mol. The van der Waals surface area contributed by atoms with Gasteiger partial charge in [-0.15, -0.1) is 5.10 Å². The second-order valence-electron chi connectivity index (χ2n) is 6.35. The zero-order valence-corrected chi connectivity index (χ0v) is 14.6. The molecule has 0 aliphatic heterocycles. The molecule has 0 spiro atoms. The van der Waals surface area contributed by atoms with Crippen molar-refractivity contribution < 1.29 is 0 Å². The van der Waals surface area contributed by atoms with Crippen LogP contribution in [0.3, 0.4) is 0 Å². The van der Waals surface area contributed by atoms with Gasteiger partial charge in [0, 0.05) is 12.4 Å². The molecule has 1 aliphatic carbocycles. The maximum absolute atomic E-state index is 4.53. The van der Waals surface area contributed by atoms with Gasteiger partial charge < -0.3 is 0 Å². The predicted molar refractivity (Wildman–Crippen MR) is 93.3 cm³/mol. The lowest BCUT2D eigenvalue weighted by atomic mass is 10.0. The molecule has 6 nitrogen and oxygen atoms in total. The molecule has 0 atom stereocenters. The summed E-state index contributed by atoms with van der Waals surface area (Å²) in [4.78, 5) is 4.53. The predicted octanol–water partition coefficient (Wildman–Crippen LogP) is 3.61. The zero-order valence-electron chi connectivity index (χ0n) is 13.8. The Labute approximate surface area is 145 Å². The number of nitrogens with zero attached hydrogens (tertiary/aromatic N) is 6. The van der Waals surface area contributed by atoms with Crippen molar-refractivity contribution in [3.63, 3.8) is 0 Å². The van der Waals surface area contributed by atoms with E-state index in [0.717, 1.165) is 16.7 Å². The number of rotatable bonds is 6. The minimum atomic E-state index is 0.462. The molecule has 2 aromatic heterocycles. The highest BCUT2D eigenvalue weighted by molar-refractivity contribution is 7.98. The Morgan fingerprint density at radius 2 is 2.08 bits per heavy atom. The Morgan fingerprint density at radius 1 is 1.25 bits per heavy atom. The van der Waals surface area contributed by atoms with Crippen molar-refractivity contribution in [1.29, 1.82) is 0 Å². The van der Waals surface area contributed by atoms with Crippen LogP contribution in [0.5, 0.6) is 0 Å². The first-order valence-electron chi connectivity index (χ1n) is 8.26. The highest BCUT2D eigenvalue weighted by Gasteiger charge is 2.27. The fourth-order valence-electron chi connectivity index (χ4n) is 2.81. The number of hydrogen-bond donors (Lipinski definition) is 0. The lowest BCUT2D eigenvalue weighted by molar-refractivity contribution is 0.593. The minimum absolute atomic E-state index is 0.462. The minimum Gasteiger partial charge on any atom is -0.295 e. The molecule has 7 heteroatoms. The number of benzene rings is 1. The Kier molecular flexibility index (Phi) is 4.10. The maximum Gasteiger partial charge on any atom is 0.173 e. The van der Waals surface area contributed by atoms with Gasteiger partial charge in [0.15, 0.2) is 11.0 Å². The molecule has 0 N–H and O–H groups in total. The highest BCUT2D eigenvalue weighted by Crippen LogP contribution is 2.35. The number of para-hydroxylation sites is 1. The number of aromatic nitrogens is 6. The summed E-state index contributed by atoms with van der Waals surface area (Å²) in [6.07, 6.45) is 6.23. The summed E-state index contributed by atoms with van der Waals surface area (Å²) in [5.74, 6) is 2.11. The lowest BCUT2D eigenvalue weighted by Crippen LogP contribution is -2.04. The van der Waals surface area contributed by atoms with Crippen LogP contribution >= 0.6 is 11.8 Å². The van der Waals surface area contributed by atoms with Crippen molar-refractivity contribution >= 4 is 11.8 Å². The summed E-state index contributed by atoms with van der Waals surface area (Å²) >= 11 is 1.67. The van der Waals surface area contributed by atoms with Crippen molar-refractivity contribution in [3.05, 3.63) is 48.0 Å². The molecule has 2 heterocycles. The van der Waals surface area contributed by atoms with Crippen LogP contribution in [0.15, 0.2) is 41.8 Å². The molecule has 0 amide bonds. The van der Waals surface area contributed by atoms with E-state index in [0.29, 0.717) is 12.0 Å². The maximum atomic E-state index is 4.53. The van der Waals surface area contributed by atoms with Crippen LogP contribution in [0.4, 0.5) is 0 Å². The molecule has 1 saturated carbocycles. The monoisotopic (exact) mass is 340 g/mol. The summed E-state index contributed by atoms with van der Waals surface area (Å²) in [6, 6.07) is 8.99. The van der Waals surface area contributed by atoms with Gasteiger partial charge in [0.25, 0.3) is 0 Å². The fourth-order valence-corrected chi connectivity index (χ4v) is 3.70. The third-order valence-corrected chi connectivity index (χ3v) is 5.17. The van der Waals surface area contributed by atoms with Gasteiger partial charge in [-0.25, -0.2) is 9.67 Å². The number of hydrogen-bond acceptors (Lipinski definition) is 5. The summed E-state index contributed by atoms with van der Waals surface area (Å²) in [5.41, 5.74) is 2.51. The average Bonchev–Trinajstić information content (AvgIpc) is 3.15. The van der Waals surface area contributed by atoms with Gasteiger partial charge in [-0.3, -0.25) is 4.57 Å². The van der Waals surface area contributed by atoms with Crippen molar-refractivity contribution in [3.8, 4) is 5.69 Å². The van der Waals surface area contributed by atoms with Crippen molar-refractivity contribution in [2.75, 3.05) is 0 Å². The first-order chi connectivity index (χ1) is 11.7. The van der Waals surface area contributed by atoms with Crippen LogP contribution in [-0.2, 0) is 5.75 Å². The van der Waals surface area contributed by atoms with Crippen LogP contribution < -0.4 is 0 Å². The SMILES string of the molecule is CC(C)c1ccccc1-n1ccnc1SCc1nnnn1C1CC1. The van der Waals surface area contributed by atoms with E-state index < -0.39 is 0 Å². The number of tetrazole rings is 1. The number of imidazole rings is 1. The topological polar surface area (TPSA) is 61.4 Å². The first-order valence-corrected chi connectivity index (χ1v) is 9.25. The Hall–Kier alpha value is -2.15. The molecule has 1 aliphatic rings. The van der Waals surface area contributed by atoms with Gasteiger partial charge >= 0.3 is 0 Å². The molecule has 0 saturated heterocycles. The van der Waals surface area contributed by atoms with Crippen molar-refractivity contribution in [1.82, 2.24) is 29.8 Å². The summed E-state index contributed by atoms with van der Waals surface area (Å²) < 4.78 is 4.12. The molecule has 0 bridgehead atoms. The van der Waals surface area contributed by atoms with Crippen molar-refractivity contribution in [2.24, 2.45) is 0 Å². The van der Waals surface area contributed by atoms with Crippen LogP contribution in [0.25, 0.3) is 5.69 Å². The molecule has 1 aromatic carbocycles. The second-order valence-corrected chi connectivity index (χ2v) is 7.30. The van der Waals surface area contributed by atoms with E-state index in [9.17, 15) is 0 Å². The Bertz CT molecular complexity index is 833. The largest absolute Gasteiger partial charge is 0.295 e. The van der Waals surface area contributed by atoms with E-state index in [2.05, 4.69) is 63.2 Å².